The van der Waals surface area contributed by atoms with E-state index in [9.17, 15) is 9.90 Å². The quantitative estimate of drug-likeness (QED) is 0.854. The number of hydrogen-bond acceptors (Lipinski definition) is 2. The van der Waals surface area contributed by atoms with Crippen molar-refractivity contribution in [3.8, 4) is 5.75 Å². The van der Waals surface area contributed by atoms with Crippen molar-refractivity contribution >= 4 is 5.97 Å². The summed E-state index contributed by atoms with van der Waals surface area (Å²) in [6.45, 7) is 0. The first kappa shape index (κ1) is 15.5. The highest BCUT2D eigenvalue weighted by atomic mass is 16.4. The summed E-state index contributed by atoms with van der Waals surface area (Å²) in [5.74, 6) is -0.902. The fraction of sp³-hybridized carbons (Fsp3) is 0.136. The zero-order valence-electron chi connectivity index (χ0n) is 13.6. The van der Waals surface area contributed by atoms with E-state index >= 15 is 0 Å². The van der Waals surface area contributed by atoms with Gasteiger partial charge >= 0.3 is 5.97 Å². The van der Waals surface area contributed by atoms with Crippen molar-refractivity contribution in [2.45, 2.75) is 18.8 Å². The third-order valence-corrected chi connectivity index (χ3v) is 4.91. The average molecular weight is 330 g/mol. The van der Waals surface area contributed by atoms with E-state index in [1.807, 2.05) is 0 Å². The summed E-state index contributed by atoms with van der Waals surface area (Å²) in [5.41, 5.74) is 6.10. The molecule has 0 saturated heterocycles. The van der Waals surface area contributed by atoms with Crippen molar-refractivity contribution in [2.75, 3.05) is 0 Å². The van der Waals surface area contributed by atoms with Crippen LogP contribution >= 0.6 is 0 Å². The first-order chi connectivity index (χ1) is 12.1. The Morgan fingerprint density at radius 2 is 1.48 bits per heavy atom. The van der Waals surface area contributed by atoms with Gasteiger partial charge < -0.3 is 10.2 Å². The molecule has 0 heterocycles. The summed E-state index contributed by atoms with van der Waals surface area (Å²) < 4.78 is 0. The molecule has 0 saturated carbocycles. The van der Waals surface area contributed by atoms with Crippen LogP contribution in [0, 0.1) is 0 Å². The molecule has 25 heavy (non-hydrogen) atoms. The molecule has 0 aliphatic heterocycles. The van der Waals surface area contributed by atoms with E-state index in [0.717, 1.165) is 18.4 Å². The fourth-order valence-electron chi connectivity index (χ4n) is 3.53. The maximum absolute atomic E-state index is 11.1. The highest BCUT2D eigenvalue weighted by Crippen LogP contribution is 2.42. The molecule has 4 rings (SSSR count). The fourth-order valence-corrected chi connectivity index (χ4v) is 3.53. The number of aryl methyl sites for hydroxylation is 2. The number of aromatic carboxylic acids is 1. The maximum Gasteiger partial charge on any atom is 0.339 e. The van der Waals surface area contributed by atoms with Crippen LogP contribution < -0.4 is 0 Å². The summed E-state index contributed by atoms with van der Waals surface area (Å²) in [6.07, 6.45) is 10.3. The Morgan fingerprint density at radius 1 is 0.880 bits per heavy atom. The second kappa shape index (κ2) is 6.10. The highest BCUT2D eigenvalue weighted by Gasteiger charge is 2.25. The van der Waals surface area contributed by atoms with Gasteiger partial charge in [0.15, 0.2) is 0 Å². The molecule has 2 aliphatic carbocycles. The van der Waals surface area contributed by atoms with Crippen LogP contribution in [0.25, 0.3) is 0 Å². The van der Waals surface area contributed by atoms with Gasteiger partial charge in [-0.15, -0.1) is 0 Å². The minimum Gasteiger partial charge on any atom is -0.507 e. The summed E-state index contributed by atoms with van der Waals surface area (Å²) in [5, 5.41) is 18.7. The van der Waals surface area contributed by atoms with E-state index in [-0.39, 0.29) is 11.3 Å². The number of rotatable bonds is 5. The van der Waals surface area contributed by atoms with Crippen LogP contribution in [-0.4, -0.2) is 16.2 Å². The van der Waals surface area contributed by atoms with Gasteiger partial charge in [-0.25, -0.2) is 4.79 Å². The lowest BCUT2D eigenvalue weighted by Crippen LogP contribution is -2.00. The molecule has 0 radical (unpaired) electrons. The largest absolute Gasteiger partial charge is 0.507 e. The zero-order chi connectivity index (χ0) is 17.4. The monoisotopic (exact) mass is 330 g/mol. The zero-order valence-corrected chi connectivity index (χ0v) is 13.6. The number of carboxylic acid groups (broad SMARTS) is 1. The normalized spacial score (nSPS) is 15.4. The Balaban J connectivity index is 1.44. The smallest absolute Gasteiger partial charge is 0.339 e. The molecule has 0 spiro atoms. The number of allylic oxidation sites excluding steroid dienone is 6. The number of fused-ring (bicyclic) bond motifs is 2. The van der Waals surface area contributed by atoms with Gasteiger partial charge in [0, 0.05) is 5.92 Å². The van der Waals surface area contributed by atoms with Crippen molar-refractivity contribution in [1.82, 2.24) is 0 Å². The number of phenols is 1. The van der Waals surface area contributed by atoms with Crippen LogP contribution in [0.2, 0.25) is 0 Å². The van der Waals surface area contributed by atoms with Crippen molar-refractivity contribution < 1.29 is 15.0 Å². The molecule has 2 N–H and O–H groups in total. The van der Waals surface area contributed by atoms with E-state index in [4.69, 9.17) is 5.11 Å². The van der Waals surface area contributed by atoms with Crippen LogP contribution in [0.15, 0.2) is 77.9 Å². The topological polar surface area (TPSA) is 57.5 Å². The van der Waals surface area contributed by atoms with E-state index in [2.05, 4.69) is 48.6 Å². The maximum atomic E-state index is 11.1. The predicted molar refractivity (Wildman–Crippen MR) is 97.0 cm³/mol. The van der Waals surface area contributed by atoms with Gasteiger partial charge in [-0.1, -0.05) is 54.6 Å². The molecule has 0 amide bonds. The lowest BCUT2D eigenvalue weighted by molar-refractivity contribution is 0.0693. The van der Waals surface area contributed by atoms with Crippen molar-refractivity contribution in [2.24, 2.45) is 0 Å². The summed E-state index contributed by atoms with van der Waals surface area (Å²) >= 11 is 0. The Labute approximate surface area is 146 Å². The third-order valence-electron chi connectivity index (χ3n) is 4.91. The molecule has 0 unspecified atom stereocenters. The molecule has 2 aliphatic rings. The standard InChI is InChI=1S/C22H18O3/c23-20-12-5-15(13-19(20)22(24)25)2-1-14-3-6-16(7-4-14)21-17-8-9-18(21)11-10-17/h3-13,21,23H,1-2H2,(H,24,25). The van der Waals surface area contributed by atoms with Crippen LogP contribution in [0.5, 0.6) is 5.75 Å². The molecule has 2 bridgehead atoms. The minimum absolute atomic E-state index is 0.0430. The second-order valence-corrected chi connectivity index (χ2v) is 6.50. The number of benzene rings is 2. The third kappa shape index (κ3) is 2.89. The Hall–Kier alpha value is -3.07. The lowest BCUT2D eigenvalue weighted by Gasteiger charge is -2.12. The first-order valence-electron chi connectivity index (χ1n) is 8.36. The molecule has 0 fully saturated rings. The van der Waals surface area contributed by atoms with Gasteiger partial charge in [0.25, 0.3) is 0 Å². The van der Waals surface area contributed by atoms with Gasteiger partial charge in [-0.2, -0.15) is 0 Å². The van der Waals surface area contributed by atoms with Gasteiger partial charge in [-0.05, 0) is 52.8 Å². The molecule has 2 aromatic rings. The van der Waals surface area contributed by atoms with Crippen LogP contribution in [0.3, 0.4) is 0 Å². The molecule has 0 aromatic heterocycles. The van der Waals surface area contributed by atoms with Crippen molar-refractivity contribution in [3.63, 3.8) is 0 Å². The Morgan fingerprint density at radius 3 is 2.08 bits per heavy atom. The van der Waals surface area contributed by atoms with Gasteiger partial charge in [0.1, 0.15) is 11.3 Å². The number of aromatic hydroxyl groups is 1. The number of carbonyl (C=O) groups is 1. The molecule has 2 aromatic carbocycles. The molecular formula is C22H18O3. The minimum atomic E-state index is -1.10. The first-order valence-corrected chi connectivity index (χ1v) is 8.36. The van der Waals surface area contributed by atoms with Crippen LogP contribution in [0.1, 0.15) is 33.0 Å². The van der Waals surface area contributed by atoms with Gasteiger partial charge in [0.2, 0.25) is 0 Å². The van der Waals surface area contributed by atoms with Gasteiger partial charge in [0.05, 0.1) is 0 Å². The molecule has 3 heteroatoms. The Kier molecular flexibility index (Phi) is 3.77. The van der Waals surface area contributed by atoms with E-state index in [1.165, 1.54) is 28.3 Å². The molecule has 0 atom stereocenters. The summed E-state index contributed by atoms with van der Waals surface area (Å²) in [7, 11) is 0. The summed E-state index contributed by atoms with van der Waals surface area (Å²) in [4.78, 5) is 11.1. The second-order valence-electron chi connectivity index (χ2n) is 6.50. The van der Waals surface area contributed by atoms with Crippen LogP contribution in [0.4, 0.5) is 0 Å². The number of hydrogen-bond donors (Lipinski definition) is 2. The molecule has 124 valence electrons. The highest BCUT2D eigenvalue weighted by molar-refractivity contribution is 5.90. The molecule has 3 nitrogen and oxygen atoms in total. The SMILES string of the molecule is O=C(O)c1cc(CCc2ccc(C3C4=CC=C3C=C4)cc2)ccc1O. The average Bonchev–Trinajstić information content (AvgIpc) is 3.21. The van der Waals surface area contributed by atoms with E-state index in [1.54, 1.807) is 12.1 Å². The van der Waals surface area contributed by atoms with E-state index in [0.29, 0.717) is 5.92 Å². The Bertz CT molecular complexity index is 908. The molecular weight excluding hydrogens is 312 g/mol. The van der Waals surface area contributed by atoms with Crippen molar-refractivity contribution in [1.29, 1.82) is 0 Å². The van der Waals surface area contributed by atoms with Gasteiger partial charge in [-0.3, -0.25) is 0 Å². The predicted octanol–water partition coefficient (Wildman–Crippen LogP) is 4.40. The number of carboxylic acids is 1. The lowest BCUT2D eigenvalue weighted by atomic mass is 9.91. The van der Waals surface area contributed by atoms with Crippen molar-refractivity contribution in [3.05, 3.63) is 100 Å². The summed E-state index contributed by atoms with van der Waals surface area (Å²) in [6, 6.07) is 13.4. The van der Waals surface area contributed by atoms with Crippen LogP contribution in [-0.2, 0) is 12.8 Å². The van der Waals surface area contributed by atoms with E-state index < -0.39 is 5.97 Å².